The van der Waals surface area contributed by atoms with Crippen LogP contribution in [0.25, 0.3) is 11.0 Å². The van der Waals surface area contributed by atoms with E-state index < -0.39 is 0 Å². The molecule has 208 valence electrons. The quantitative estimate of drug-likeness (QED) is 0.481. The Morgan fingerprint density at radius 2 is 1.77 bits per heavy atom. The number of anilines is 1. The lowest BCUT2D eigenvalue weighted by Gasteiger charge is -2.34. The molecule has 9 nitrogen and oxygen atoms in total. The van der Waals surface area contributed by atoms with Gasteiger partial charge in [-0.1, -0.05) is 5.16 Å². The predicted molar refractivity (Wildman–Crippen MR) is 145 cm³/mol. The van der Waals surface area contributed by atoms with Gasteiger partial charge in [0.1, 0.15) is 5.82 Å². The summed E-state index contributed by atoms with van der Waals surface area (Å²) in [7, 11) is 0. The van der Waals surface area contributed by atoms with Gasteiger partial charge >= 0.3 is 0 Å². The molecule has 10 heteroatoms. The van der Waals surface area contributed by atoms with E-state index in [0.29, 0.717) is 36.3 Å². The summed E-state index contributed by atoms with van der Waals surface area (Å²) in [5, 5.41) is 16.8. The molecule has 2 aliphatic heterocycles. The first-order valence-corrected chi connectivity index (χ1v) is 14.4. The van der Waals surface area contributed by atoms with Gasteiger partial charge in [-0.3, -0.25) is 4.79 Å². The van der Waals surface area contributed by atoms with E-state index in [2.05, 4.69) is 30.5 Å². The molecule has 3 fully saturated rings. The molecule has 3 aliphatic rings. The molecule has 3 aromatic rings. The fourth-order valence-corrected chi connectivity index (χ4v) is 6.28. The number of halogens is 1. The van der Waals surface area contributed by atoms with E-state index in [1.165, 1.54) is 18.6 Å². The van der Waals surface area contributed by atoms with Crippen molar-refractivity contribution in [3.05, 3.63) is 47.5 Å². The smallest absolute Gasteiger partial charge is 0.272 e. The van der Waals surface area contributed by atoms with Crippen molar-refractivity contribution in [2.24, 2.45) is 5.92 Å². The normalized spacial score (nSPS) is 23.3. The van der Waals surface area contributed by atoms with E-state index in [1.54, 1.807) is 12.1 Å². The predicted octanol–water partition coefficient (Wildman–Crippen LogP) is 4.15. The Labute approximate surface area is 228 Å². The van der Waals surface area contributed by atoms with Crippen molar-refractivity contribution in [1.82, 2.24) is 25.6 Å². The van der Waals surface area contributed by atoms with Crippen LogP contribution < -0.4 is 10.2 Å². The fourth-order valence-electron chi connectivity index (χ4n) is 6.28. The number of morpholine rings is 1. The zero-order chi connectivity index (χ0) is 26.6. The van der Waals surface area contributed by atoms with E-state index in [9.17, 15) is 9.18 Å². The van der Waals surface area contributed by atoms with Gasteiger partial charge in [-0.05, 0) is 94.8 Å². The third-order valence-corrected chi connectivity index (χ3v) is 8.69. The number of piperidine rings is 1. The minimum absolute atomic E-state index is 0.132. The molecule has 0 unspecified atom stereocenters. The summed E-state index contributed by atoms with van der Waals surface area (Å²) in [6.45, 7) is 6.20. The SMILES string of the molecule is O=C(NC1CCC(CCN2CCC(c3noc4cc(F)ccc34)CC2)CC1)c1ccc(N2CCOCC2)nn1. The molecule has 1 N–H and O–H groups in total. The highest BCUT2D eigenvalue weighted by Gasteiger charge is 2.27. The molecular weight excluding hydrogens is 499 g/mol. The third kappa shape index (κ3) is 6.22. The molecule has 2 aromatic heterocycles. The van der Waals surface area contributed by atoms with Crippen molar-refractivity contribution in [2.75, 3.05) is 50.8 Å². The van der Waals surface area contributed by atoms with E-state index in [1.807, 2.05) is 6.07 Å². The summed E-state index contributed by atoms with van der Waals surface area (Å²) in [4.78, 5) is 17.4. The number of aromatic nitrogens is 3. The van der Waals surface area contributed by atoms with E-state index in [-0.39, 0.29) is 17.8 Å². The number of hydrogen-bond acceptors (Lipinski definition) is 8. The molecule has 1 aromatic carbocycles. The third-order valence-electron chi connectivity index (χ3n) is 8.69. The topological polar surface area (TPSA) is 96.6 Å². The number of carbonyl (C=O) groups is 1. The molecular formula is C29H37FN6O3. The van der Waals surface area contributed by atoms with Gasteiger partial charge in [-0.25, -0.2) is 4.39 Å². The number of carbonyl (C=O) groups excluding carboxylic acids is 1. The van der Waals surface area contributed by atoms with Crippen molar-refractivity contribution in [3.8, 4) is 0 Å². The number of hydrogen-bond donors (Lipinski definition) is 1. The van der Waals surface area contributed by atoms with Crippen molar-refractivity contribution in [1.29, 1.82) is 0 Å². The zero-order valence-corrected chi connectivity index (χ0v) is 22.4. The van der Waals surface area contributed by atoms with E-state index in [4.69, 9.17) is 9.26 Å². The molecule has 0 spiro atoms. The molecule has 1 amide bonds. The Bertz CT molecular complexity index is 1250. The maximum Gasteiger partial charge on any atom is 0.272 e. The molecule has 1 aliphatic carbocycles. The average Bonchev–Trinajstić information content (AvgIpc) is 3.40. The van der Waals surface area contributed by atoms with Crippen molar-refractivity contribution in [3.63, 3.8) is 0 Å². The highest BCUT2D eigenvalue weighted by atomic mass is 19.1. The monoisotopic (exact) mass is 536 g/mol. The largest absolute Gasteiger partial charge is 0.378 e. The van der Waals surface area contributed by atoms with Crippen LogP contribution in [0.4, 0.5) is 10.2 Å². The number of nitrogens with one attached hydrogen (secondary N) is 1. The maximum atomic E-state index is 13.5. The van der Waals surface area contributed by atoms with Gasteiger partial charge in [-0.15, -0.1) is 10.2 Å². The van der Waals surface area contributed by atoms with Crippen LogP contribution >= 0.6 is 0 Å². The first-order chi connectivity index (χ1) is 19.1. The van der Waals surface area contributed by atoms with Gasteiger partial charge in [0.15, 0.2) is 17.1 Å². The molecule has 0 radical (unpaired) electrons. The van der Waals surface area contributed by atoms with Crippen molar-refractivity contribution >= 4 is 22.7 Å². The first kappa shape index (κ1) is 26.1. The number of nitrogens with zero attached hydrogens (tertiary/aromatic N) is 5. The molecule has 6 rings (SSSR count). The second-order valence-electron chi connectivity index (χ2n) is 11.2. The number of likely N-dealkylation sites (tertiary alicyclic amines) is 1. The Morgan fingerprint density at radius 3 is 2.51 bits per heavy atom. The number of rotatable bonds is 7. The second-order valence-corrected chi connectivity index (χ2v) is 11.2. The van der Waals surface area contributed by atoms with Crippen LogP contribution in [0.15, 0.2) is 34.9 Å². The van der Waals surface area contributed by atoms with Crippen molar-refractivity contribution < 1.29 is 18.4 Å². The van der Waals surface area contributed by atoms with Gasteiger partial charge in [0, 0.05) is 36.5 Å². The molecule has 2 saturated heterocycles. The lowest BCUT2D eigenvalue weighted by atomic mass is 9.83. The fraction of sp³-hybridized carbons (Fsp3) is 0.586. The van der Waals surface area contributed by atoms with Gasteiger partial charge < -0.3 is 24.4 Å². The van der Waals surface area contributed by atoms with Crippen LogP contribution in [0.3, 0.4) is 0 Å². The lowest BCUT2D eigenvalue weighted by Crippen LogP contribution is -2.39. The van der Waals surface area contributed by atoms with Crippen molar-refractivity contribution in [2.45, 2.75) is 56.9 Å². The molecule has 4 heterocycles. The van der Waals surface area contributed by atoms with Gasteiger partial charge in [-0.2, -0.15) is 0 Å². The first-order valence-electron chi connectivity index (χ1n) is 14.4. The highest BCUT2D eigenvalue weighted by Crippen LogP contribution is 2.33. The highest BCUT2D eigenvalue weighted by molar-refractivity contribution is 5.92. The number of benzene rings is 1. The summed E-state index contributed by atoms with van der Waals surface area (Å²) in [6, 6.07) is 8.54. The summed E-state index contributed by atoms with van der Waals surface area (Å²) in [5.74, 6) is 1.44. The standard InChI is InChI=1S/C29H37FN6O3/c30-22-3-6-24-26(19-22)39-34-28(24)21-10-13-35(14-11-21)12-9-20-1-4-23(5-2-20)31-29(37)25-7-8-27(33-32-25)36-15-17-38-18-16-36/h3,6-8,19-21,23H,1-2,4-5,9-18H2,(H,31,37). The van der Waals surface area contributed by atoms with Gasteiger partial charge in [0.25, 0.3) is 5.91 Å². The summed E-state index contributed by atoms with van der Waals surface area (Å²) in [5.41, 5.74) is 1.89. The summed E-state index contributed by atoms with van der Waals surface area (Å²) < 4.78 is 24.2. The van der Waals surface area contributed by atoms with Crippen LogP contribution in [-0.2, 0) is 4.74 Å². The average molecular weight is 537 g/mol. The number of fused-ring (bicyclic) bond motifs is 1. The lowest BCUT2D eigenvalue weighted by molar-refractivity contribution is 0.0913. The van der Waals surface area contributed by atoms with E-state index >= 15 is 0 Å². The molecule has 0 atom stereocenters. The Kier molecular flexibility index (Phi) is 8.01. The summed E-state index contributed by atoms with van der Waals surface area (Å²) in [6.07, 6.45) is 7.61. The summed E-state index contributed by atoms with van der Waals surface area (Å²) >= 11 is 0. The Balaban J connectivity index is 0.903. The minimum Gasteiger partial charge on any atom is -0.378 e. The number of ether oxygens (including phenoxy) is 1. The number of amides is 1. The molecule has 0 bridgehead atoms. The van der Waals surface area contributed by atoms with Crippen LogP contribution in [0.2, 0.25) is 0 Å². The van der Waals surface area contributed by atoms with Gasteiger partial charge in [0.2, 0.25) is 0 Å². The van der Waals surface area contributed by atoms with Crippen LogP contribution in [0, 0.1) is 11.7 Å². The van der Waals surface area contributed by atoms with Crippen LogP contribution in [-0.4, -0.2) is 78.1 Å². The molecule has 39 heavy (non-hydrogen) atoms. The Morgan fingerprint density at radius 1 is 0.974 bits per heavy atom. The van der Waals surface area contributed by atoms with Gasteiger partial charge in [0.05, 0.1) is 18.9 Å². The minimum atomic E-state index is -0.292. The molecule has 1 saturated carbocycles. The Hall–Kier alpha value is -3.11. The zero-order valence-electron chi connectivity index (χ0n) is 22.4. The van der Waals surface area contributed by atoms with Crippen LogP contribution in [0.5, 0.6) is 0 Å². The maximum absolute atomic E-state index is 13.5. The second kappa shape index (κ2) is 12.0. The van der Waals surface area contributed by atoms with Crippen LogP contribution in [0.1, 0.15) is 67.0 Å². The van der Waals surface area contributed by atoms with E-state index in [0.717, 1.165) is 88.1 Å².